The van der Waals surface area contributed by atoms with Crippen LogP contribution in [0.15, 0.2) is 18.3 Å². The molecule has 2 N–H and O–H groups in total. The SMILES string of the molecule is Nc1ncccc1OCCCl. The molecule has 4 heteroatoms. The summed E-state index contributed by atoms with van der Waals surface area (Å²) < 4.78 is 5.17. The summed E-state index contributed by atoms with van der Waals surface area (Å²) in [5.74, 6) is 1.44. The molecule has 11 heavy (non-hydrogen) atoms. The number of nitrogens with two attached hydrogens (primary N) is 1. The summed E-state index contributed by atoms with van der Waals surface area (Å²) in [4.78, 5) is 3.84. The van der Waals surface area contributed by atoms with Gasteiger partial charge in [-0.05, 0) is 12.1 Å². The fourth-order valence-electron chi connectivity index (χ4n) is 0.673. The molecule has 0 aliphatic rings. The molecule has 0 fully saturated rings. The molecule has 0 atom stereocenters. The highest BCUT2D eigenvalue weighted by Gasteiger charge is 1.97. The molecule has 1 heterocycles. The zero-order chi connectivity index (χ0) is 8.10. The Morgan fingerprint density at radius 2 is 2.45 bits per heavy atom. The third kappa shape index (κ3) is 2.27. The van der Waals surface area contributed by atoms with Gasteiger partial charge in [0.05, 0.1) is 5.88 Å². The number of pyridine rings is 1. The highest BCUT2D eigenvalue weighted by molar-refractivity contribution is 6.18. The molecule has 0 saturated heterocycles. The summed E-state index contributed by atoms with van der Waals surface area (Å²) >= 11 is 5.42. The van der Waals surface area contributed by atoms with E-state index in [2.05, 4.69) is 4.98 Å². The molecule has 0 radical (unpaired) electrons. The molecule has 0 aliphatic carbocycles. The van der Waals surface area contributed by atoms with E-state index in [0.29, 0.717) is 24.1 Å². The van der Waals surface area contributed by atoms with E-state index in [1.54, 1.807) is 18.3 Å². The molecular weight excluding hydrogens is 164 g/mol. The Balaban J connectivity index is 2.62. The Morgan fingerprint density at radius 3 is 3.09 bits per heavy atom. The van der Waals surface area contributed by atoms with Crippen molar-refractivity contribution in [3.8, 4) is 5.75 Å². The van der Waals surface area contributed by atoms with Gasteiger partial charge in [0, 0.05) is 6.20 Å². The van der Waals surface area contributed by atoms with Crippen molar-refractivity contribution in [3.63, 3.8) is 0 Å². The van der Waals surface area contributed by atoms with Crippen LogP contribution in [0.5, 0.6) is 5.75 Å². The van der Waals surface area contributed by atoms with Crippen molar-refractivity contribution in [3.05, 3.63) is 18.3 Å². The Hall–Kier alpha value is -0.960. The second-order valence-electron chi connectivity index (χ2n) is 1.92. The predicted octanol–water partition coefficient (Wildman–Crippen LogP) is 1.28. The summed E-state index contributed by atoms with van der Waals surface area (Å²) in [5, 5.41) is 0. The second kappa shape index (κ2) is 4.03. The Morgan fingerprint density at radius 1 is 1.64 bits per heavy atom. The van der Waals surface area contributed by atoms with Crippen LogP contribution in [0.4, 0.5) is 5.82 Å². The number of rotatable bonds is 3. The lowest BCUT2D eigenvalue weighted by molar-refractivity contribution is 0.343. The van der Waals surface area contributed by atoms with Gasteiger partial charge in [-0.3, -0.25) is 0 Å². The molecule has 0 amide bonds. The van der Waals surface area contributed by atoms with Crippen LogP contribution in [0.1, 0.15) is 0 Å². The van der Waals surface area contributed by atoms with Crippen molar-refractivity contribution >= 4 is 17.4 Å². The molecule has 60 valence electrons. The summed E-state index contributed by atoms with van der Waals surface area (Å²) in [7, 11) is 0. The molecule has 0 aromatic carbocycles. The topological polar surface area (TPSA) is 48.1 Å². The van der Waals surface area contributed by atoms with Crippen LogP contribution in [0.2, 0.25) is 0 Å². The Labute approximate surface area is 70.1 Å². The average molecular weight is 173 g/mol. The molecule has 0 bridgehead atoms. The maximum absolute atomic E-state index is 5.48. The number of anilines is 1. The molecule has 1 aromatic heterocycles. The molecule has 0 spiro atoms. The van der Waals surface area contributed by atoms with Crippen LogP contribution in [0.25, 0.3) is 0 Å². The van der Waals surface area contributed by atoms with E-state index in [0.717, 1.165) is 0 Å². The van der Waals surface area contributed by atoms with Crippen LogP contribution >= 0.6 is 11.6 Å². The first-order valence-corrected chi connectivity index (χ1v) is 3.77. The molecule has 0 saturated carbocycles. The van der Waals surface area contributed by atoms with Crippen molar-refractivity contribution in [2.75, 3.05) is 18.2 Å². The number of hydrogen-bond donors (Lipinski definition) is 1. The minimum absolute atomic E-state index is 0.401. The van der Waals surface area contributed by atoms with Crippen LogP contribution in [0.3, 0.4) is 0 Å². The highest BCUT2D eigenvalue weighted by Crippen LogP contribution is 2.16. The molecule has 0 aliphatic heterocycles. The van der Waals surface area contributed by atoms with Gasteiger partial charge >= 0.3 is 0 Å². The quantitative estimate of drug-likeness (QED) is 0.699. The van der Waals surface area contributed by atoms with E-state index < -0.39 is 0 Å². The number of nitrogen functional groups attached to an aromatic ring is 1. The van der Waals surface area contributed by atoms with E-state index in [1.807, 2.05) is 0 Å². The number of hydrogen-bond acceptors (Lipinski definition) is 3. The monoisotopic (exact) mass is 172 g/mol. The van der Waals surface area contributed by atoms with Crippen molar-refractivity contribution in [2.45, 2.75) is 0 Å². The second-order valence-corrected chi connectivity index (χ2v) is 2.30. The zero-order valence-electron chi connectivity index (χ0n) is 5.96. The first-order chi connectivity index (χ1) is 5.34. The van der Waals surface area contributed by atoms with Crippen LogP contribution in [-0.2, 0) is 0 Å². The van der Waals surface area contributed by atoms with Gasteiger partial charge in [-0.15, -0.1) is 11.6 Å². The molecule has 1 aromatic rings. The Bertz CT molecular complexity index is 229. The number of aromatic nitrogens is 1. The lowest BCUT2D eigenvalue weighted by atomic mass is 10.4. The van der Waals surface area contributed by atoms with Crippen LogP contribution in [0, 0.1) is 0 Å². The van der Waals surface area contributed by atoms with Crippen LogP contribution in [-0.4, -0.2) is 17.5 Å². The van der Waals surface area contributed by atoms with Crippen molar-refractivity contribution in [1.82, 2.24) is 4.98 Å². The van der Waals surface area contributed by atoms with Gasteiger partial charge in [0.15, 0.2) is 11.6 Å². The van der Waals surface area contributed by atoms with E-state index in [-0.39, 0.29) is 0 Å². The fourth-order valence-corrected chi connectivity index (χ4v) is 0.751. The maximum Gasteiger partial charge on any atom is 0.166 e. The van der Waals surface area contributed by atoms with E-state index in [4.69, 9.17) is 22.1 Å². The van der Waals surface area contributed by atoms with Gasteiger partial charge in [0.25, 0.3) is 0 Å². The van der Waals surface area contributed by atoms with Gasteiger partial charge in [-0.25, -0.2) is 4.98 Å². The number of ether oxygens (including phenoxy) is 1. The number of nitrogens with zero attached hydrogens (tertiary/aromatic N) is 1. The smallest absolute Gasteiger partial charge is 0.166 e. The van der Waals surface area contributed by atoms with Crippen molar-refractivity contribution in [1.29, 1.82) is 0 Å². The number of alkyl halides is 1. The van der Waals surface area contributed by atoms with Crippen molar-refractivity contribution < 1.29 is 4.74 Å². The minimum Gasteiger partial charge on any atom is -0.488 e. The Kier molecular flexibility index (Phi) is 2.98. The van der Waals surface area contributed by atoms with E-state index in [9.17, 15) is 0 Å². The lowest BCUT2D eigenvalue weighted by Gasteiger charge is -2.04. The molecular formula is C7H9ClN2O. The molecule has 1 rings (SSSR count). The van der Waals surface area contributed by atoms with Crippen LogP contribution < -0.4 is 10.5 Å². The van der Waals surface area contributed by atoms with Gasteiger partial charge in [0.2, 0.25) is 0 Å². The van der Waals surface area contributed by atoms with Gasteiger partial charge < -0.3 is 10.5 Å². The summed E-state index contributed by atoms with van der Waals surface area (Å²) in [5.41, 5.74) is 5.48. The van der Waals surface area contributed by atoms with Gasteiger partial charge in [-0.1, -0.05) is 0 Å². The largest absolute Gasteiger partial charge is 0.488 e. The summed E-state index contributed by atoms with van der Waals surface area (Å²) in [6.45, 7) is 0.456. The van der Waals surface area contributed by atoms with Crippen molar-refractivity contribution in [2.24, 2.45) is 0 Å². The normalized spacial score (nSPS) is 9.55. The summed E-state index contributed by atoms with van der Waals surface area (Å²) in [6, 6.07) is 3.52. The zero-order valence-corrected chi connectivity index (χ0v) is 6.71. The van der Waals surface area contributed by atoms with Gasteiger partial charge in [-0.2, -0.15) is 0 Å². The van der Waals surface area contributed by atoms with E-state index in [1.165, 1.54) is 0 Å². The fraction of sp³-hybridized carbons (Fsp3) is 0.286. The number of halogens is 1. The maximum atomic E-state index is 5.48. The minimum atomic E-state index is 0.401. The van der Waals surface area contributed by atoms with E-state index >= 15 is 0 Å². The first kappa shape index (κ1) is 8.14. The summed E-state index contributed by atoms with van der Waals surface area (Å²) in [6.07, 6.45) is 1.61. The first-order valence-electron chi connectivity index (χ1n) is 3.24. The van der Waals surface area contributed by atoms with Gasteiger partial charge in [0.1, 0.15) is 6.61 Å². The standard InChI is InChI=1S/C7H9ClN2O/c8-3-5-11-6-2-1-4-10-7(6)9/h1-2,4H,3,5H2,(H2,9,10). The molecule has 3 nitrogen and oxygen atoms in total. The predicted molar refractivity (Wildman–Crippen MR) is 44.9 cm³/mol. The third-order valence-corrected chi connectivity index (χ3v) is 1.29. The lowest BCUT2D eigenvalue weighted by Crippen LogP contribution is -2.01. The third-order valence-electron chi connectivity index (χ3n) is 1.13. The highest BCUT2D eigenvalue weighted by atomic mass is 35.5. The molecule has 0 unspecified atom stereocenters. The average Bonchev–Trinajstić information content (AvgIpc) is 2.03.